The molecule has 2 heterocycles. The Morgan fingerprint density at radius 1 is 1.04 bits per heavy atom. The lowest BCUT2D eigenvalue weighted by Gasteiger charge is -2.26. The molecule has 0 radical (unpaired) electrons. The third-order valence-electron chi connectivity index (χ3n) is 4.47. The number of aromatic amines is 1. The summed E-state index contributed by atoms with van der Waals surface area (Å²) in [5.41, 5.74) is 3.39. The number of H-pyrrole nitrogens is 1. The first-order valence-corrected chi connectivity index (χ1v) is 8.24. The van der Waals surface area contributed by atoms with Gasteiger partial charge in [0.1, 0.15) is 5.82 Å². The van der Waals surface area contributed by atoms with E-state index in [1.807, 2.05) is 24.3 Å². The van der Waals surface area contributed by atoms with E-state index in [-0.39, 0.29) is 5.56 Å². The summed E-state index contributed by atoms with van der Waals surface area (Å²) < 4.78 is 0. The molecular formula is C20H19N3O. The molecule has 1 aliphatic heterocycles. The fourth-order valence-corrected chi connectivity index (χ4v) is 3.19. The Morgan fingerprint density at radius 2 is 1.83 bits per heavy atom. The maximum absolute atomic E-state index is 12.2. The summed E-state index contributed by atoms with van der Waals surface area (Å²) in [6.45, 7) is 2.51. The number of benzene rings is 2. The maximum Gasteiger partial charge on any atom is 0.258 e. The van der Waals surface area contributed by atoms with E-state index < -0.39 is 0 Å². The van der Waals surface area contributed by atoms with E-state index in [0.29, 0.717) is 11.9 Å². The molecule has 1 N–H and O–H groups in total. The molecule has 0 fully saturated rings. The molecule has 0 amide bonds. The number of aromatic nitrogens is 2. The van der Waals surface area contributed by atoms with E-state index in [4.69, 9.17) is 0 Å². The molecule has 120 valence electrons. The zero-order valence-electron chi connectivity index (χ0n) is 13.4. The Labute approximate surface area is 140 Å². The molecule has 4 heteroatoms. The van der Waals surface area contributed by atoms with Crippen molar-refractivity contribution in [2.24, 2.45) is 0 Å². The fourth-order valence-electron chi connectivity index (χ4n) is 3.19. The fraction of sp³-hybridized carbons (Fsp3) is 0.200. The molecule has 0 atom stereocenters. The molecule has 0 unspecified atom stereocenters. The van der Waals surface area contributed by atoms with Crippen LogP contribution in [-0.4, -0.2) is 28.0 Å². The number of hydrogen-bond acceptors (Lipinski definition) is 3. The molecule has 2 aromatic carbocycles. The molecule has 0 aliphatic carbocycles. The van der Waals surface area contributed by atoms with Gasteiger partial charge in [0.15, 0.2) is 0 Å². The number of para-hydroxylation sites is 1. The van der Waals surface area contributed by atoms with Gasteiger partial charge in [-0.1, -0.05) is 48.5 Å². The van der Waals surface area contributed by atoms with Crippen molar-refractivity contribution in [1.82, 2.24) is 14.9 Å². The largest absolute Gasteiger partial charge is 0.309 e. The molecular weight excluding hydrogens is 298 g/mol. The maximum atomic E-state index is 12.2. The van der Waals surface area contributed by atoms with Crippen molar-refractivity contribution in [3.8, 4) is 0 Å². The molecule has 0 bridgehead atoms. The van der Waals surface area contributed by atoms with Crippen LogP contribution in [0.2, 0.25) is 0 Å². The van der Waals surface area contributed by atoms with Crippen LogP contribution in [-0.2, 0) is 6.54 Å². The normalized spacial score (nSPS) is 15.4. The molecule has 0 saturated carbocycles. The van der Waals surface area contributed by atoms with Gasteiger partial charge in [-0.25, -0.2) is 4.98 Å². The lowest BCUT2D eigenvalue weighted by molar-refractivity contribution is 0.286. The minimum Gasteiger partial charge on any atom is -0.309 e. The smallest absolute Gasteiger partial charge is 0.258 e. The van der Waals surface area contributed by atoms with Gasteiger partial charge in [-0.05, 0) is 29.7 Å². The predicted octanol–water partition coefficient (Wildman–Crippen LogP) is 3.21. The van der Waals surface area contributed by atoms with E-state index >= 15 is 0 Å². The van der Waals surface area contributed by atoms with Gasteiger partial charge in [0.05, 0.1) is 17.4 Å². The summed E-state index contributed by atoms with van der Waals surface area (Å²) in [5, 5.41) is 0.645. The third kappa shape index (κ3) is 3.01. The Morgan fingerprint density at radius 3 is 2.62 bits per heavy atom. The lowest BCUT2D eigenvalue weighted by atomic mass is 10.00. The van der Waals surface area contributed by atoms with Gasteiger partial charge >= 0.3 is 0 Å². The van der Waals surface area contributed by atoms with Crippen LogP contribution in [0.5, 0.6) is 0 Å². The van der Waals surface area contributed by atoms with Crippen molar-refractivity contribution >= 4 is 16.5 Å². The van der Waals surface area contributed by atoms with E-state index in [1.165, 1.54) is 11.1 Å². The van der Waals surface area contributed by atoms with Crippen molar-refractivity contribution in [2.45, 2.75) is 13.0 Å². The molecule has 3 aromatic rings. The van der Waals surface area contributed by atoms with Gasteiger partial charge in [-0.2, -0.15) is 0 Å². The van der Waals surface area contributed by atoms with Crippen LogP contribution in [0.3, 0.4) is 0 Å². The van der Waals surface area contributed by atoms with Crippen LogP contribution in [0.4, 0.5) is 0 Å². The van der Waals surface area contributed by atoms with Crippen molar-refractivity contribution < 1.29 is 0 Å². The van der Waals surface area contributed by atoms with Crippen LogP contribution in [0.15, 0.2) is 65.5 Å². The van der Waals surface area contributed by atoms with Crippen molar-refractivity contribution in [3.63, 3.8) is 0 Å². The highest BCUT2D eigenvalue weighted by Gasteiger charge is 2.14. The second-order valence-corrected chi connectivity index (χ2v) is 6.11. The van der Waals surface area contributed by atoms with Gasteiger partial charge in [-0.3, -0.25) is 9.69 Å². The van der Waals surface area contributed by atoms with Gasteiger partial charge < -0.3 is 4.98 Å². The van der Waals surface area contributed by atoms with E-state index in [9.17, 15) is 4.79 Å². The number of hydrogen-bond donors (Lipinski definition) is 1. The SMILES string of the molecule is O=c1[nH]c(CN2CC=C(c3ccccc3)CC2)nc2ccccc12. The quantitative estimate of drug-likeness (QED) is 0.807. The van der Waals surface area contributed by atoms with Crippen molar-refractivity contribution in [3.05, 3.63) is 82.4 Å². The summed E-state index contributed by atoms with van der Waals surface area (Å²) >= 11 is 0. The summed E-state index contributed by atoms with van der Waals surface area (Å²) in [4.78, 5) is 22.0. The number of rotatable bonds is 3. The Balaban J connectivity index is 1.51. The van der Waals surface area contributed by atoms with Gasteiger partial charge in [-0.15, -0.1) is 0 Å². The first-order chi connectivity index (χ1) is 11.8. The minimum absolute atomic E-state index is 0.0619. The summed E-state index contributed by atoms with van der Waals surface area (Å²) in [6.07, 6.45) is 3.29. The van der Waals surface area contributed by atoms with E-state index in [1.54, 1.807) is 6.07 Å². The van der Waals surface area contributed by atoms with Crippen LogP contribution >= 0.6 is 0 Å². The molecule has 4 rings (SSSR count). The average molecular weight is 317 g/mol. The minimum atomic E-state index is -0.0619. The average Bonchev–Trinajstić information content (AvgIpc) is 2.63. The second-order valence-electron chi connectivity index (χ2n) is 6.11. The number of nitrogens with one attached hydrogen (secondary N) is 1. The topological polar surface area (TPSA) is 49.0 Å². The van der Waals surface area contributed by atoms with E-state index in [0.717, 1.165) is 30.9 Å². The Hall–Kier alpha value is -2.72. The monoisotopic (exact) mass is 317 g/mol. The Kier molecular flexibility index (Phi) is 3.97. The third-order valence-corrected chi connectivity index (χ3v) is 4.47. The molecule has 0 saturated heterocycles. The highest BCUT2D eigenvalue weighted by molar-refractivity contribution is 5.77. The highest BCUT2D eigenvalue weighted by atomic mass is 16.1. The first-order valence-electron chi connectivity index (χ1n) is 8.24. The van der Waals surface area contributed by atoms with Crippen LogP contribution in [0.25, 0.3) is 16.5 Å². The van der Waals surface area contributed by atoms with Crippen molar-refractivity contribution in [1.29, 1.82) is 0 Å². The van der Waals surface area contributed by atoms with Gasteiger partial charge in [0.2, 0.25) is 0 Å². The molecule has 4 nitrogen and oxygen atoms in total. The molecule has 1 aromatic heterocycles. The van der Waals surface area contributed by atoms with E-state index in [2.05, 4.69) is 45.2 Å². The standard InChI is InChI=1S/C20H19N3O/c24-20-17-8-4-5-9-18(17)21-19(22-20)14-23-12-10-16(11-13-23)15-6-2-1-3-7-15/h1-10H,11-14H2,(H,21,22,24). The lowest BCUT2D eigenvalue weighted by Crippen LogP contribution is -2.29. The van der Waals surface area contributed by atoms with Crippen molar-refractivity contribution in [2.75, 3.05) is 13.1 Å². The van der Waals surface area contributed by atoms with Crippen LogP contribution in [0.1, 0.15) is 17.8 Å². The first kappa shape index (κ1) is 14.8. The zero-order chi connectivity index (χ0) is 16.4. The van der Waals surface area contributed by atoms with Gasteiger partial charge in [0.25, 0.3) is 5.56 Å². The molecule has 24 heavy (non-hydrogen) atoms. The highest BCUT2D eigenvalue weighted by Crippen LogP contribution is 2.22. The zero-order valence-corrected chi connectivity index (χ0v) is 13.4. The molecule has 0 spiro atoms. The number of fused-ring (bicyclic) bond motifs is 1. The number of nitrogens with zero attached hydrogens (tertiary/aromatic N) is 2. The van der Waals surface area contributed by atoms with Crippen LogP contribution < -0.4 is 5.56 Å². The summed E-state index contributed by atoms with van der Waals surface area (Å²) in [5.74, 6) is 0.732. The predicted molar refractivity (Wildman–Crippen MR) is 96.7 cm³/mol. The van der Waals surface area contributed by atoms with Gasteiger partial charge in [0, 0.05) is 13.1 Å². The summed E-state index contributed by atoms with van der Waals surface area (Å²) in [6, 6.07) is 18.0. The second kappa shape index (κ2) is 6.42. The summed E-state index contributed by atoms with van der Waals surface area (Å²) in [7, 11) is 0. The van der Waals surface area contributed by atoms with Crippen LogP contribution in [0, 0.1) is 0 Å². The Bertz CT molecular complexity index is 944. The molecule has 1 aliphatic rings.